The summed E-state index contributed by atoms with van der Waals surface area (Å²) in [6, 6.07) is 22.4. The van der Waals surface area contributed by atoms with Crippen LogP contribution in [0.2, 0.25) is 0 Å². The van der Waals surface area contributed by atoms with Gasteiger partial charge in [0, 0.05) is 5.41 Å². The van der Waals surface area contributed by atoms with Gasteiger partial charge in [0.05, 0.1) is 7.11 Å². The Morgan fingerprint density at radius 1 is 0.397 bits per heavy atom. The Hall–Kier alpha value is -6.97. The number of ether oxygens (including phenoxy) is 5. The molecule has 6 aromatic rings. The Labute approximate surface area is 322 Å². The van der Waals surface area contributed by atoms with Crippen molar-refractivity contribution < 1.29 is 72.8 Å². The molecule has 6 rings (SSSR count). The molecule has 0 saturated carbocycles. The Kier molecular flexibility index (Phi) is 11.4. The first-order chi connectivity index (χ1) is 27.5. The van der Waals surface area contributed by atoms with Crippen LogP contribution in [-0.2, 0) is 5.41 Å². The average Bonchev–Trinajstić information content (AvgIpc) is 3.22. The van der Waals surface area contributed by atoms with E-state index in [0.717, 1.165) is 35.4 Å². The molecule has 6 aromatic carbocycles. The van der Waals surface area contributed by atoms with E-state index in [0.29, 0.717) is 5.75 Å². The summed E-state index contributed by atoms with van der Waals surface area (Å²) in [5, 5.41) is 0. The molecule has 0 aliphatic heterocycles. The van der Waals surface area contributed by atoms with Crippen LogP contribution in [0.4, 0.5) is 39.5 Å². The topological polar surface area (TPSA) is 80.3 Å². The van der Waals surface area contributed by atoms with E-state index < -0.39 is 86.6 Å². The molecule has 58 heavy (non-hydrogen) atoms. The molecule has 298 valence electrons. The van der Waals surface area contributed by atoms with Gasteiger partial charge in [-0.25, -0.2) is 40.3 Å². The molecule has 0 bridgehead atoms. The van der Waals surface area contributed by atoms with Crippen molar-refractivity contribution in [2.75, 3.05) is 7.11 Å². The fourth-order valence-corrected chi connectivity index (χ4v) is 5.50. The normalized spacial score (nSPS) is 11.2. The molecule has 0 saturated heterocycles. The lowest BCUT2D eigenvalue weighted by Gasteiger charge is -2.26. The fourth-order valence-electron chi connectivity index (χ4n) is 5.50. The maximum absolute atomic E-state index is 15.1. The second kappa shape index (κ2) is 16.3. The van der Waals surface area contributed by atoms with Gasteiger partial charge in [-0.05, 0) is 83.9 Å². The Morgan fingerprint density at radius 2 is 0.690 bits per heavy atom. The van der Waals surface area contributed by atoms with Gasteiger partial charge < -0.3 is 23.7 Å². The third kappa shape index (κ3) is 7.98. The van der Waals surface area contributed by atoms with E-state index in [1.165, 1.54) is 36.4 Å². The minimum Gasteiger partial charge on any atom is -0.497 e. The minimum absolute atomic E-state index is 0.0616. The van der Waals surface area contributed by atoms with Gasteiger partial charge in [-0.15, -0.1) is 0 Å². The van der Waals surface area contributed by atoms with E-state index in [2.05, 4.69) is 0 Å². The highest BCUT2D eigenvalue weighted by molar-refractivity contribution is 5.92. The van der Waals surface area contributed by atoms with Crippen molar-refractivity contribution in [3.8, 4) is 40.2 Å². The van der Waals surface area contributed by atoms with Gasteiger partial charge in [0.1, 0.15) is 45.6 Å². The zero-order chi connectivity index (χ0) is 42.1. The molecule has 0 spiro atoms. The molecule has 0 heterocycles. The van der Waals surface area contributed by atoms with Crippen molar-refractivity contribution in [2.45, 2.75) is 19.3 Å². The zero-order valence-corrected chi connectivity index (χ0v) is 30.0. The van der Waals surface area contributed by atoms with Crippen molar-refractivity contribution >= 4 is 11.9 Å². The highest BCUT2D eigenvalue weighted by Gasteiger charge is 2.33. The summed E-state index contributed by atoms with van der Waals surface area (Å²) in [7, 11) is 1.54. The lowest BCUT2D eigenvalue weighted by atomic mass is 9.78. The number of halogens is 9. The van der Waals surface area contributed by atoms with Crippen molar-refractivity contribution in [1.29, 1.82) is 0 Å². The highest BCUT2D eigenvalue weighted by Crippen LogP contribution is 2.37. The monoisotopic (exact) mass is 812 g/mol. The summed E-state index contributed by atoms with van der Waals surface area (Å²) in [5.74, 6) is -25.1. The summed E-state index contributed by atoms with van der Waals surface area (Å²) in [5.41, 5.74) is -2.29. The molecular formula is C42H25F9O7. The van der Waals surface area contributed by atoms with E-state index in [4.69, 9.17) is 23.7 Å². The van der Waals surface area contributed by atoms with Gasteiger partial charge >= 0.3 is 11.9 Å². The van der Waals surface area contributed by atoms with Gasteiger partial charge in [0.15, 0.2) is 34.9 Å². The fraction of sp³-hybridized carbons (Fsp3) is 0.0952. The van der Waals surface area contributed by atoms with Gasteiger partial charge in [-0.1, -0.05) is 38.1 Å². The van der Waals surface area contributed by atoms with Crippen LogP contribution in [-0.4, -0.2) is 19.0 Å². The summed E-state index contributed by atoms with van der Waals surface area (Å²) >= 11 is 0. The Balaban J connectivity index is 1.09. The van der Waals surface area contributed by atoms with Crippen LogP contribution in [0.15, 0.2) is 97.1 Å². The van der Waals surface area contributed by atoms with E-state index in [1.807, 2.05) is 26.0 Å². The number of carbonyl (C=O) groups is 2. The summed E-state index contributed by atoms with van der Waals surface area (Å²) < 4.78 is 154. The van der Waals surface area contributed by atoms with Gasteiger partial charge in [-0.2, -0.15) is 8.78 Å². The van der Waals surface area contributed by atoms with E-state index in [-0.39, 0.29) is 28.7 Å². The molecule has 16 heteroatoms. The summed E-state index contributed by atoms with van der Waals surface area (Å²) in [6.45, 7) is 3.88. The van der Waals surface area contributed by atoms with E-state index >= 15 is 17.6 Å². The van der Waals surface area contributed by atoms with Crippen LogP contribution < -0.4 is 23.7 Å². The van der Waals surface area contributed by atoms with Crippen LogP contribution in [0.25, 0.3) is 0 Å². The summed E-state index contributed by atoms with van der Waals surface area (Å²) in [6.07, 6.45) is 0. The highest BCUT2D eigenvalue weighted by atomic mass is 19.2. The molecule has 7 nitrogen and oxygen atoms in total. The number of benzene rings is 6. The molecule has 0 atom stereocenters. The molecule has 0 aliphatic rings. The van der Waals surface area contributed by atoms with Crippen LogP contribution in [0.5, 0.6) is 40.2 Å². The van der Waals surface area contributed by atoms with Gasteiger partial charge in [-0.3, -0.25) is 0 Å². The molecule has 0 amide bonds. The lowest BCUT2D eigenvalue weighted by molar-refractivity contribution is 0.0711. The number of hydrogen-bond acceptors (Lipinski definition) is 7. The standard InChI is InChI=1S/C42H25F9O7/c1-42(2,20-4-8-22(54-3)9-5-20)21-6-10-25(11-7-21)56-39-37(50)32(45)29(33(46)38(39)51)41(53)58-27-18-14-24(15-19-27)55-23-12-16-26(17-13-23)57-40(52)28-30(43)34(47)36(49)35(48)31(28)44/h4-19H,1-3H3. The van der Waals surface area contributed by atoms with Crippen LogP contribution in [0.1, 0.15) is 45.7 Å². The van der Waals surface area contributed by atoms with Gasteiger partial charge in [0.2, 0.25) is 23.2 Å². The second-order valence-electron chi connectivity index (χ2n) is 12.7. The van der Waals surface area contributed by atoms with Crippen LogP contribution >= 0.6 is 0 Å². The molecule has 0 aromatic heterocycles. The predicted octanol–water partition coefficient (Wildman–Crippen LogP) is 11.3. The number of esters is 2. The molecule has 0 N–H and O–H groups in total. The number of methoxy groups -OCH3 is 1. The average molecular weight is 813 g/mol. The largest absolute Gasteiger partial charge is 0.497 e. The molecule has 0 radical (unpaired) electrons. The summed E-state index contributed by atoms with van der Waals surface area (Å²) in [4.78, 5) is 24.9. The van der Waals surface area contributed by atoms with Gasteiger partial charge in [0.25, 0.3) is 0 Å². The molecule has 0 unspecified atom stereocenters. The smallest absolute Gasteiger partial charge is 0.349 e. The third-order valence-corrected chi connectivity index (χ3v) is 8.75. The second-order valence-corrected chi connectivity index (χ2v) is 12.7. The first-order valence-electron chi connectivity index (χ1n) is 16.6. The first-order valence-corrected chi connectivity index (χ1v) is 16.6. The maximum Gasteiger partial charge on any atom is 0.349 e. The van der Waals surface area contributed by atoms with Crippen molar-refractivity contribution in [3.63, 3.8) is 0 Å². The number of carbonyl (C=O) groups excluding carboxylic acids is 2. The Morgan fingerprint density at radius 3 is 1.07 bits per heavy atom. The quantitative estimate of drug-likeness (QED) is 0.0424. The van der Waals surface area contributed by atoms with Crippen LogP contribution in [0.3, 0.4) is 0 Å². The molecule has 0 aliphatic carbocycles. The number of rotatable bonds is 11. The van der Waals surface area contributed by atoms with Crippen molar-refractivity contribution in [2.24, 2.45) is 0 Å². The third-order valence-electron chi connectivity index (χ3n) is 8.75. The molecule has 0 fully saturated rings. The minimum atomic E-state index is -2.45. The predicted molar refractivity (Wildman–Crippen MR) is 187 cm³/mol. The lowest BCUT2D eigenvalue weighted by Crippen LogP contribution is -2.18. The number of hydrogen-bond donors (Lipinski definition) is 0. The van der Waals surface area contributed by atoms with Crippen molar-refractivity contribution in [1.82, 2.24) is 0 Å². The Bertz CT molecular complexity index is 2470. The van der Waals surface area contributed by atoms with Crippen molar-refractivity contribution in [3.05, 3.63) is 172 Å². The zero-order valence-electron chi connectivity index (χ0n) is 30.0. The molecular weight excluding hydrogens is 787 g/mol. The first kappa shape index (κ1) is 40.7. The maximum atomic E-state index is 15.1. The SMILES string of the molecule is COc1ccc(C(C)(C)c2ccc(Oc3c(F)c(F)c(C(=O)Oc4ccc(Oc5ccc(OC(=O)c6c(F)c(F)c(F)c(F)c6F)cc5)cc4)c(F)c3F)cc2)cc1. The van der Waals surface area contributed by atoms with Crippen LogP contribution in [0, 0.1) is 52.4 Å². The van der Waals surface area contributed by atoms with E-state index in [1.54, 1.807) is 31.4 Å². The van der Waals surface area contributed by atoms with E-state index in [9.17, 15) is 31.5 Å².